The first-order valence-electron chi connectivity index (χ1n) is 3.61. The first-order chi connectivity index (χ1) is 5.18. The Morgan fingerprint density at radius 2 is 2.45 bits per heavy atom. The fourth-order valence-electron chi connectivity index (χ4n) is 0.687. The van der Waals surface area contributed by atoms with Gasteiger partial charge in [0.05, 0.1) is 12.3 Å². The Bertz CT molecular complexity index is 145. The molecule has 11 heavy (non-hydrogen) atoms. The van der Waals surface area contributed by atoms with Crippen LogP contribution in [0.25, 0.3) is 0 Å². The third-order valence-electron chi connectivity index (χ3n) is 1.45. The highest BCUT2D eigenvalue weighted by molar-refractivity contribution is 5.69. The van der Waals surface area contributed by atoms with E-state index in [4.69, 9.17) is 10.8 Å². The fourth-order valence-corrected chi connectivity index (χ4v) is 0.687. The van der Waals surface area contributed by atoms with E-state index in [0.29, 0.717) is 13.0 Å². The van der Waals surface area contributed by atoms with Crippen LogP contribution < -0.4 is 5.73 Å². The van der Waals surface area contributed by atoms with E-state index < -0.39 is 5.97 Å². The lowest BCUT2D eigenvalue weighted by Crippen LogP contribution is -2.09. The van der Waals surface area contributed by atoms with E-state index in [2.05, 4.69) is 4.99 Å². The molecule has 1 atom stereocenters. The number of hydrogen-bond acceptors (Lipinski definition) is 2. The van der Waals surface area contributed by atoms with E-state index in [1.54, 1.807) is 6.92 Å². The van der Waals surface area contributed by atoms with E-state index >= 15 is 0 Å². The highest BCUT2D eigenvalue weighted by Gasteiger charge is 2.08. The van der Waals surface area contributed by atoms with Gasteiger partial charge in [-0.1, -0.05) is 6.92 Å². The van der Waals surface area contributed by atoms with Crippen LogP contribution in [0.5, 0.6) is 0 Å². The number of nitrogens with two attached hydrogens (primary N) is 1. The smallest absolute Gasteiger partial charge is 0.306 e. The molecule has 64 valence electrons. The number of hydrogen-bond donors (Lipinski definition) is 2. The molecule has 4 nitrogen and oxygen atoms in total. The number of carboxylic acids is 1. The third-order valence-corrected chi connectivity index (χ3v) is 1.45. The number of carboxylic acid groups (broad SMARTS) is 1. The summed E-state index contributed by atoms with van der Waals surface area (Å²) in [6, 6.07) is 0. The molecule has 0 radical (unpaired) electrons. The summed E-state index contributed by atoms with van der Waals surface area (Å²) in [4.78, 5) is 14.1. The van der Waals surface area contributed by atoms with Crippen molar-refractivity contribution in [1.82, 2.24) is 0 Å². The topological polar surface area (TPSA) is 75.7 Å². The highest BCUT2D eigenvalue weighted by Crippen LogP contribution is 2.04. The monoisotopic (exact) mass is 158 g/mol. The minimum absolute atomic E-state index is 0.275. The van der Waals surface area contributed by atoms with E-state index in [1.807, 2.05) is 0 Å². The molecule has 0 aliphatic heterocycles. The van der Waals surface area contributed by atoms with Gasteiger partial charge in [0.25, 0.3) is 0 Å². The van der Waals surface area contributed by atoms with Crippen molar-refractivity contribution in [3.63, 3.8) is 0 Å². The molecule has 0 bridgehead atoms. The molecular formula is C7H14N2O2. The van der Waals surface area contributed by atoms with Crippen LogP contribution in [0, 0.1) is 5.92 Å². The SMILES string of the molecule is CC(CCCN=CN)C(=O)O. The zero-order valence-electron chi connectivity index (χ0n) is 6.66. The van der Waals surface area contributed by atoms with Gasteiger partial charge in [-0.15, -0.1) is 0 Å². The summed E-state index contributed by atoms with van der Waals surface area (Å²) in [7, 11) is 0. The minimum atomic E-state index is -0.748. The molecule has 0 aliphatic carbocycles. The number of aliphatic carboxylic acids is 1. The Hall–Kier alpha value is -1.06. The summed E-state index contributed by atoms with van der Waals surface area (Å²) in [5, 5.41) is 8.48. The Morgan fingerprint density at radius 3 is 2.91 bits per heavy atom. The molecule has 0 aromatic carbocycles. The van der Waals surface area contributed by atoms with E-state index in [-0.39, 0.29) is 5.92 Å². The molecule has 0 amide bonds. The second-order valence-electron chi connectivity index (χ2n) is 2.44. The Morgan fingerprint density at radius 1 is 1.82 bits per heavy atom. The van der Waals surface area contributed by atoms with Crippen molar-refractivity contribution in [2.24, 2.45) is 16.6 Å². The maximum absolute atomic E-state index is 10.3. The van der Waals surface area contributed by atoms with Gasteiger partial charge in [0, 0.05) is 6.54 Å². The van der Waals surface area contributed by atoms with Gasteiger partial charge in [-0.2, -0.15) is 0 Å². The Labute approximate surface area is 66.1 Å². The van der Waals surface area contributed by atoms with Crippen molar-refractivity contribution in [1.29, 1.82) is 0 Å². The van der Waals surface area contributed by atoms with E-state index in [1.165, 1.54) is 6.34 Å². The summed E-state index contributed by atoms with van der Waals surface area (Å²) in [5.74, 6) is -1.02. The largest absolute Gasteiger partial charge is 0.481 e. The van der Waals surface area contributed by atoms with Crippen molar-refractivity contribution in [3.8, 4) is 0 Å². The molecule has 0 saturated heterocycles. The molecular weight excluding hydrogens is 144 g/mol. The fraction of sp³-hybridized carbons (Fsp3) is 0.714. The van der Waals surface area contributed by atoms with Crippen molar-refractivity contribution < 1.29 is 9.90 Å². The van der Waals surface area contributed by atoms with Crippen LogP contribution >= 0.6 is 0 Å². The number of nitrogens with zero attached hydrogens (tertiary/aromatic N) is 1. The van der Waals surface area contributed by atoms with Crippen molar-refractivity contribution in [3.05, 3.63) is 0 Å². The molecule has 0 aromatic rings. The molecule has 0 heterocycles. The zero-order chi connectivity index (χ0) is 8.69. The maximum atomic E-state index is 10.3. The second-order valence-corrected chi connectivity index (χ2v) is 2.44. The molecule has 3 N–H and O–H groups in total. The van der Waals surface area contributed by atoms with Gasteiger partial charge < -0.3 is 10.8 Å². The first kappa shape index (κ1) is 9.94. The first-order valence-corrected chi connectivity index (χ1v) is 3.61. The highest BCUT2D eigenvalue weighted by atomic mass is 16.4. The van der Waals surface area contributed by atoms with Gasteiger partial charge in [-0.05, 0) is 12.8 Å². The lowest BCUT2D eigenvalue weighted by atomic mass is 10.1. The minimum Gasteiger partial charge on any atom is -0.481 e. The summed E-state index contributed by atoms with van der Waals surface area (Å²) >= 11 is 0. The molecule has 1 unspecified atom stereocenters. The lowest BCUT2D eigenvalue weighted by Gasteiger charge is -2.02. The summed E-state index contributed by atoms with van der Waals surface area (Å²) in [6.45, 7) is 2.31. The van der Waals surface area contributed by atoms with Gasteiger partial charge in [-0.25, -0.2) is 0 Å². The summed E-state index contributed by atoms with van der Waals surface area (Å²) in [6.07, 6.45) is 2.68. The molecule has 0 aliphatic rings. The lowest BCUT2D eigenvalue weighted by molar-refractivity contribution is -0.141. The van der Waals surface area contributed by atoms with Crippen molar-refractivity contribution >= 4 is 12.3 Å². The van der Waals surface area contributed by atoms with Crippen LogP contribution in [-0.2, 0) is 4.79 Å². The molecule has 0 saturated carbocycles. The molecule has 0 aromatic heterocycles. The predicted octanol–water partition coefficient (Wildman–Crippen LogP) is 0.474. The number of aliphatic imine (C=N–C) groups is 1. The molecule has 0 rings (SSSR count). The quantitative estimate of drug-likeness (QED) is 0.347. The van der Waals surface area contributed by atoms with Crippen molar-refractivity contribution in [2.45, 2.75) is 19.8 Å². The molecule has 0 spiro atoms. The van der Waals surface area contributed by atoms with Crippen LogP contribution in [0.3, 0.4) is 0 Å². The molecule has 0 fully saturated rings. The maximum Gasteiger partial charge on any atom is 0.306 e. The van der Waals surface area contributed by atoms with Crippen molar-refractivity contribution in [2.75, 3.05) is 6.54 Å². The van der Waals surface area contributed by atoms with Crippen LogP contribution in [0.1, 0.15) is 19.8 Å². The summed E-state index contributed by atoms with van der Waals surface area (Å²) < 4.78 is 0. The van der Waals surface area contributed by atoms with Crippen LogP contribution in [-0.4, -0.2) is 24.0 Å². The van der Waals surface area contributed by atoms with Gasteiger partial charge in [0.15, 0.2) is 0 Å². The summed E-state index contributed by atoms with van der Waals surface area (Å²) in [5.41, 5.74) is 5.00. The molecule has 4 heteroatoms. The van der Waals surface area contributed by atoms with Gasteiger partial charge in [0.1, 0.15) is 0 Å². The van der Waals surface area contributed by atoms with E-state index in [0.717, 1.165) is 6.42 Å². The Balaban J connectivity index is 3.31. The standard InChI is InChI=1S/C7H14N2O2/c1-6(7(10)11)3-2-4-9-5-8/h5-6H,2-4H2,1H3,(H2,8,9)(H,10,11). The second kappa shape index (κ2) is 5.70. The number of carbonyl (C=O) groups is 1. The van der Waals surface area contributed by atoms with Gasteiger partial charge in [0.2, 0.25) is 0 Å². The zero-order valence-corrected chi connectivity index (χ0v) is 6.66. The Kier molecular flexibility index (Phi) is 5.15. The van der Waals surface area contributed by atoms with Crippen LogP contribution in [0.2, 0.25) is 0 Å². The normalized spacial score (nSPS) is 13.5. The predicted molar refractivity (Wildman–Crippen MR) is 43.6 cm³/mol. The van der Waals surface area contributed by atoms with Crippen LogP contribution in [0.15, 0.2) is 4.99 Å². The van der Waals surface area contributed by atoms with Gasteiger partial charge >= 0.3 is 5.97 Å². The van der Waals surface area contributed by atoms with E-state index in [9.17, 15) is 4.79 Å². The third kappa shape index (κ3) is 5.39. The van der Waals surface area contributed by atoms with Crippen LogP contribution in [0.4, 0.5) is 0 Å². The average Bonchev–Trinajstić information content (AvgIpc) is 1.97. The average molecular weight is 158 g/mol. The number of rotatable bonds is 5. The van der Waals surface area contributed by atoms with Gasteiger partial charge in [-0.3, -0.25) is 9.79 Å².